The number of amides is 2. The van der Waals surface area contributed by atoms with Crippen LogP contribution in [0.5, 0.6) is 0 Å². The summed E-state index contributed by atoms with van der Waals surface area (Å²) in [5.74, 6) is -0.163. The Labute approximate surface area is 124 Å². The number of hydrogen-bond donors (Lipinski definition) is 2. The number of hydrogen-bond acceptors (Lipinski definition) is 6. The molecule has 1 fully saturated rings. The Bertz CT molecular complexity index is 612. The SMILES string of the molecule is O=C(Cn1cnnn1)N[C@@H]1CCC(=O)N[C@H]1c1cccs1. The van der Waals surface area contributed by atoms with Gasteiger partial charge in [-0.3, -0.25) is 9.59 Å². The molecule has 1 aliphatic rings. The van der Waals surface area contributed by atoms with E-state index in [4.69, 9.17) is 0 Å². The number of thiophene rings is 1. The first-order valence-electron chi connectivity index (χ1n) is 6.55. The minimum Gasteiger partial charge on any atom is -0.349 e. The minimum absolute atomic E-state index is 0.0133. The molecule has 0 bridgehead atoms. The lowest BCUT2D eigenvalue weighted by molar-refractivity contribution is -0.127. The zero-order chi connectivity index (χ0) is 14.7. The number of rotatable bonds is 4. The molecular weight excluding hydrogens is 292 g/mol. The van der Waals surface area contributed by atoms with E-state index in [1.165, 1.54) is 11.0 Å². The maximum Gasteiger partial charge on any atom is 0.242 e. The van der Waals surface area contributed by atoms with E-state index in [2.05, 4.69) is 26.2 Å². The normalized spacial score (nSPS) is 21.8. The van der Waals surface area contributed by atoms with Crippen LogP contribution in [0.4, 0.5) is 0 Å². The van der Waals surface area contributed by atoms with Crippen LogP contribution in [0.3, 0.4) is 0 Å². The van der Waals surface area contributed by atoms with Crippen molar-refractivity contribution in [2.45, 2.75) is 31.5 Å². The average Bonchev–Trinajstić information content (AvgIpc) is 3.13. The summed E-state index contributed by atoms with van der Waals surface area (Å²) in [4.78, 5) is 24.7. The molecule has 3 heterocycles. The van der Waals surface area contributed by atoms with Gasteiger partial charge in [-0.15, -0.1) is 16.4 Å². The van der Waals surface area contributed by atoms with E-state index in [1.54, 1.807) is 11.3 Å². The molecular formula is C12H14N6O2S. The van der Waals surface area contributed by atoms with Crippen molar-refractivity contribution in [3.05, 3.63) is 28.7 Å². The summed E-state index contributed by atoms with van der Waals surface area (Å²) in [6, 6.07) is 3.59. The predicted octanol–water partition coefficient (Wildman–Crippen LogP) is -0.129. The number of carbonyl (C=O) groups is 2. The van der Waals surface area contributed by atoms with Crippen molar-refractivity contribution in [2.24, 2.45) is 0 Å². The van der Waals surface area contributed by atoms with E-state index in [-0.39, 0.29) is 30.4 Å². The van der Waals surface area contributed by atoms with Crippen LogP contribution in [0.2, 0.25) is 0 Å². The highest BCUT2D eigenvalue weighted by atomic mass is 32.1. The van der Waals surface area contributed by atoms with Crippen molar-refractivity contribution in [2.75, 3.05) is 0 Å². The Morgan fingerprint density at radius 2 is 2.48 bits per heavy atom. The topological polar surface area (TPSA) is 102 Å². The first-order chi connectivity index (χ1) is 10.2. The van der Waals surface area contributed by atoms with Crippen LogP contribution in [0.25, 0.3) is 0 Å². The average molecular weight is 306 g/mol. The van der Waals surface area contributed by atoms with E-state index < -0.39 is 0 Å². The van der Waals surface area contributed by atoms with Gasteiger partial charge in [0, 0.05) is 11.3 Å². The number of carbonyl (C=O) groups excluding carboxylic acids is 2. The van der Waals surface area contributed by atoms with E-state index in [0.29, 0.717) is 12.8 Å². The van der Waals surface area contributed by atoms with Gasteiger partial charge in [-0.2, -0.15) is 0 Å². The van der Waals surface area contributed by atoms with Gasteiger partial charge in [-0.05, 0) is 28.3 Å². The van der Waals surface area contributed by atoms with Gasteiger partial charge >= 0.3 is 0 Å². The molecule has 0 aromatic carbocycles. The van der Waals surface area contributed by atoms with Crippen LogP contribution in [0, 0.1) is 0 Å². The number of aromatic nitrogens is 4. The second-order valence-electron chi connectivity index (χ2n) is 4.78. The summed E-state index contributed by atoms with van der Waals surface area (Å²) in [5.41, 5.74) is 0. The van der Waals surface area contributed by atoms with Gasteiger partial charge in [-0.1, -0.05) is 6.07 Å². The highest BCUT2D eigenvalue weighted by Crippen LogP contribution is 2.27. The smallest absolute Gasteiger partial charge is 0.242 e. The molecule has 3 rings (SSSR count). The molecule has 0 spiro atoms. The van der Waals surface area contributed by atoms with Crippen LogP contribution in [0.1, 0.15) is 23.8 Å². The van der Waals surface area contributed by atoms with Gasteiger partial charge in [-0.25, -0.2) is 4.68 Å². The third-order valence-corrected chi connectivity index (χ3v) is 4.25. The largest absolute Gasteiger partial charge is 0.349 e. The lowest BCUT2D eigenvalue weighted by Crippen LogP contribution is -2.50. The molecule has 0 saturated carbocycles. The van der Waals surface area contributed by atoms with Gasteiger partial charge in [0.2, 0.25) is 11.8 Å². The van der Waals surface area contributed by atoms with Gasteiger partial charge in [0.1, 0.15) is 12.9 Å². The molecule has 0 unspecified atom stereocenters. The van der Waals surface area contributed by atoms with E-state index in [1.807, 2.05) is 17.5 Å². The van der Waals surface area contributed by atoms with E-state index in [9.17, 15) is 9.59 Å². The molecule has 0 aliphatic carbocycles. The zero-order valence-corrected chi connectivity index (χ0v) is 11.9. The van der Waals surface area contributed by atoms with Crippen LogP contribution in [0.15, 0.2) is 23.8 Å². The minimum atomic E-state index is -0.177. The standard InChI is InChI=1S/C12H14N6O2S/c19-10-4-3-8(12(15-10)9-2-1-5-21-9)14-11(20)6-18-7-13-16-17-18/h1-2,5,7-8,12H,3-4,6H2,(H,14,20)(H,15,19)/t8-,12-/m1/s1. The predicted molar refractivity (Wildman–Crippen MR) is 74.2 cm³/mol. The summed E-state index contributed by atoms with van der Waals surface area (Å²) in [7, 11) is 0. The Morgan fingerprint density at radius 1 is 1.57 bits per heavy atom. The first-order valence-corrected chi connectivity index (χ1v) is 7.43. The summed E-state index contributed by atoms with van der Waals surface area (Å²) in [5, 5.41) is 18.5. The third kappa shape index (κ3) is 3.24. The lowest BCUT2D eigenvalue weighted by Gasteiger charge is -2.32. The van der Waals surface area contributed by atoms with Crippen molar-refractivity contribution in [3.63, 3.8) is 0 Å². The number of nitrogens with zero attached hydrogens (tertiary/aromatic N) is 4. The fourth-order valence-corrected chi connectivity index (χ4v) is 3.19. The first kappa shape index (κ1) is 13.7. The maximum absolute atomic E-state index is 12.0. The van der Waals surface area contributed by atoms with Crippen molar-refractivity contribution in [1.82, 2.24) is 30.8 Å². The molecule has 21 heavy (non-hydrogen) atoms. The molecule has 2 aromatic rings. The van der Waals surface area contributed by atoms with Gasteiger partial charge in [0.05, 0.1) is 12.1 Å². The maximum atomic E-state index is 12.0. The fourth-order valence-electron chi connectivity index (χ4n) is 2.34. The Kier molecular flexibility index (Phi) is 3.91. The van der Waals surface area contributed by atoms with Crippen LogP contribution < -0.4 is 10.6 Å². The molecule has 9 heteroatoms. The van der Waals surface area contributed by atoms with Crippen molar-refractivity contribution in [3.8, 4) is 0 Å². The highest BCUT2D eigenvalue weighted by molar-refractivity contribution is 7.10. The molecule has 1 saturated heterocycles. The number of nitrogens with one attached hydrogen (secondary N) is 2. The molecule has 2 aromatic heterocycles. The summed E-state index contributed by atoms with van der Waals surface area (Å²) >= 11 is 1.56. The zero-order valence-electron chi connectivity index (χ0n) is 11.1. The summed E-state index contributed by atoms with van der Waals surface area (Å²) < 4.78 is 1.36. The molecule has 110 valence electrons. The second kappa shape index (κ2) is 6.00. The van der Waals surface area contributed by atoms with Gasteiger partial charge < -0.3 is 10.6 Å². The number of tetrazole rings is 1. The molecule has 2 atom stereocenters. The van der Waals surface area contributed by atoms with Crippen LogP contribution >= 0.6 is 11.3 Å². The second-order valence-corrected chi connectivity index (χ2v) is 5.76. The van der Waals surface area contributed by atoms with Gasteiger partial charge in [0.15, 0.2) is 0 Å². The van der Waals surface area contributed by atoms with Crippen LogP contribution in [-0.4, -0.2) is 38.1 Å². The van der Waals surface area contributed by atoms with Crippen LogP contribution in [-0.2, 0) is 16.1 Å². The fraction of sp³-hybridized carbons (Fsp3) is 0.417. The molecule has 8 nitrogen and oxygen atoms in total. The van der Waals surface area contributed by atoms with E-state index >= 15 is 0 Å². The summed E-state index contributed by atoms with van der Waals surface area (Å²) in [6.45, 7) is 0.0641. The Hall–Kier alpha value is -2.29. The molecule has 2 N–H and O–H groups in total. The lowest BCUT2D eigenvalue weighted by atomic mass is 9.96. The Morgan fingerprint density at radius 3 is 3.19 bits per heavy atom. The molecule has 2 amide bonds. The highest BCUT2D eigenvalue weighted by Gasteiger charge is 2.31. The van der Waals surface area contributed by atoms with E-state index in [0.717, 1.165) is 4.88 Å². The van der Waals surface area contributed by atoms with Gasteiger partial charge in [0.25, 0.3) is 0 Å². The number of piperidine rings is 1. The Balaban J connectivity index is 1.67. The summed E-state index contributed by atoms with van der Waals surface area (Å²) in [6.07, 6.45) is 2.42. The van der Waals surface area contributed by atoms with Crippen molar-refractivity contribution >= 4 is 23.2 Å². The monoisotopic (exact) mass is 306 g/mol. The van der Waals surface area contributed by atoms with Crippen molar-refractivity contribution in [1.29, 1.82) is 0 Å². The quantitative estimate of drug-likeness (QED) is 0.819. The van der Waals surface area contributed by atoms with Crippen molar-refractivity contribution < 1.29 is 9.59 Å². The third-order valence-electron chi connectivity index (χ3n) is 3.29. The molecule has 0 radical (unpaired) electrons. The molecule has 1 aliphatic heterocycles.